The molecule has 12 nitrogen and oxygen atoms in total. The first-order valence-corrected chi connectivity index (χ1v) is 18.6. The molecule has 48 heavy (non-hydrogen) atoms. The van der Waals surface area contributed by atoms with Gasteiger partial charge >= 0.3 is 0 Å². The van der Waals surface area contributed by atoms with Crippen molar-refractivity contribution >= 4 is 23.6 Å². The van der Waals surface area contributed by atoms with E-state index in [-0.39, 0.29) is 36.3 Å². The van der Waals surface area contributed by atoms with Gasteiger partial charge in [-0.05, 0) is 78.3 Å². The second kappa shape index (κ2) is 18.7. The van der Waals surface area contributed by atoms with E-state index in [1.165, 1.54) is 6.42 Å². The molecule has 0 spiro atoms. The maximum Gasteiger partial charge on any atom is 0.293 e. The Labute approximate surface area is 289 Å². The number of hydrogen-bond donors (Lipinski definition) is 4. The van der Waals surface area contributed by atoms with Gasteiger partial charge in [0.25, 0.3) is 23.3 Å². The zero-order valence-corrected chi connectivity index (χ0v) is 31.6. The van der Waals surface area contributed by atoms with Gasteiger partial charge in [0.15, 0.2) is 11.1 Å². The molecule has 0 aliphatic heterocycles. The average Bonchev–Trinajstić information content (AvgIpc) is 3.04. The standard InChI is InChI=1S/C36H66N8O4/c1-10-12-24-37-29(45)33(3,4)41-42-36(9,32(48)38-25-13-11-2)26-44(35(7,8)31(47)40-28-22-18-15-19-23-28)43-34(5,6)30(46)39-27-20-16-14-17-21-27/h27-28H,10-26H2,1-9H3,(H3-,37,38,39,40,45,46,47,48)/p+1. The Hall–Kier alpha value is -2.92. The number of azo groups is 3. The fourth-order valence-electron chi connectivity index (χ4n) is 5.93. The van der Waals surface area contributed by atoms with Crippen LogP contribution in [0.3, 0.4) is 0 Å². The smallest absolute Gasteiger partial charge is 0.293 e. The van der Waals surface area contributed by atoms with Crippen LogP contribution >= 0.6 is 0 Å². The molecule has 4 amide bonds. The number of carbonyl (C=O) groups excluding carboxylic acids is 4. The molecule has 2 saturated carbocycles. The Bertz CT molecular complexity index is 1140. The van der Waals surface area contributed by atoms with Gasteiger partial charge in [0.2, 0.25) is 18.0 Å². The summed E-state index contributed by atoms with van der Waals surface area (Å²) in [5, 5.41) is 26.3. The van der Waals surface area contributed by atoms with E-state index >= 15 is 0 Å². The van der Waals surface area contributed by atoms with Gasteiger partial charge in [0.05, 0.1) is 0 Å². The number of nitrogens with zero attached hydrogens (tertiary/aromatic N) is 4. The van der Waals surface area contributed by atoms with Crippen molar-refractivity contribution in [3.05, 3.63) is 0 Å². The lowest BCUT2D eigenvalue weighted by Gasteiger charge is -2.31. The zero-order valence-electron chi connectivity index (χ0n) is 31.6. The van der Waals surface area contributed by atoms with Crippen LogP contribution in [0.25, 0.3) is 0 Å². The summed E-state index contributed by atoms with van der Waals surface area (Å²) in [5.74, 6) is -1.15. The van der Waals surface area contributed by atoms with E-state index in [1.807, 2.05) is 13.8 Å². The molecule has 0 aromatic carbocycles. The Morgan fingerprint density at radius 3 is 1.54 bits per heavy atom. The van der Waals surface area contributed by atoms with Crippen LogP contribution in [0.2, 0.25) is 0 Å². The van der Waals surface area contributed by atoms with E-state index in [4.69, 9.17) is 5.11 Å². The molecule has 0 heterocycles. The summed E-state index contributed by atoms with van der Waals surface area (Å²) in [7, 11) is 0. The Balaban J connectivity index is 2.56. The minimum Gasteiger partial charge on any atom is -0.354 e. The van der Waals surface area contributed by atoms with Crippen molar-refractivity contribution in [3.63, 3.8) is 0 Å². The van der Waals surface area contributed by atoms with Crippen LogP contribution < -0.4 is 21.3 Å². The molecular weight excluding hydrogens is 608 g/mol. The first-order valence-electron chi connectivity index (χ1n) is 18.6. The number of amides is 4. The average molecular weight is 676 g/mol. The SMILES string of the molecule is CCCCNC(=O)C(C)(C)N=NC(C)(C[N+](=NC(C)(C)C(=O)NC1CCCCC1)C(C)(C)C(=O)NC1CCCCC1)C(=O)NCCCC. The second-order valence-electron chi connectivity index (χ2n) is 15.6. The number of unbranched alkanes of at least 4 members (excludes halogenated alkanes) is 2. The van der Waals surface area contributed by atoms with E-state index in [0.29, 0.717) is 13.1 Å². The van der Waals surface area contributed by atoms with Crippen LogP contribution in [0.5, 0.6) is 0 Å². The Morgan fingerprint density at radius 2 is 1.06 bits per heavy atom. The first-order chi connectivity index (χ1) is 22.5. The minimum atomic E-state index is -1.55. The molecule has 0 aromatic heterocycles. The van der Waals surface area contributed by atoms with Crippen molar-refractivity contribution in [2.24, 2.45) is 15.3 Å². The third-order valence-corrected chi connectivity index (χ3v) is 9.66. The topological polar surface area (TPSA) is 156 Å². The van der Waals surface area contributed by atoms with Crippen LogP contribution in [0.15, 0.2) is 15.3 Å². The fourth-order valence-corrected chi connectivity index (χ4v) is 5.93. The summed E-state index contributed by atoms with van der Waals surface area (Å²) < 4.78 is 1.55. The normalized spacial score (nSPS) is 18.6. The van der Waals surface area contributed by atoms with Gasteiger partial charge in [-0.3, -0.25) is 19.2 Å². The maximum absolute atomic E-state index is 14.0. The zero-order chi connectivity index (χ0) is 36.0. The summed E-state index contributed by atoms with van der Waals surface area (Å²) in [6.45, 7) is 16.9. The summed E-state index contributed by atoms with van der Waals surface area (Å²) in [5.41, 5.74) is -5.30. The molecule has 2 aliphatic carbocycles. The maximum atomic E-state index is 14.0. The van der Waals surface area contributed by atoms with Crippen molar-refractivity contribution in [2.75, 3.05) is 19.6 Å². The largest absolute Gasteiger partial charge is 0.354 e. The van der Waals surface area contributed by atoms with E-state index in [0.717, 1.165) is 83.5 Å². The molecule has 0 bridgehead atoms. The van der Waals surface area contributed by atoms with Gasteiger partial charge in [-0.1, -0.05) is 65.2 Å². The summed E-state index contributed by atoms with van der Waals surface area (Å²) in [6.07, 6.45) is 13.7. The molecule has 1 unspecified atom stereocenters. The fraction of sp³-hybridized carbons (Fsp3) is 0.889. The number of nitrogens with one attached hydrogen (secondary N) is 4. The van der Waals surface area contributed by atoms with Crippen LogP contribution in [0, 0.1) is 0 Å². The molecule has 2 aliphatic rings. The highest BCUT2D eigenvalue weighted by atomic mass is 16.2. The van der Waals surface area contributed by atoms with Crippen LogP contribution in [0.1, 0.15) is 152 Å². The number of rotatable bonds is 18. The third-order valence-electron chi connectivity index (χ3n) is 9.66. The molecule has 0 aromatic rings. The van der Waals surface area contributed by atoms with Crippen molar-refractivity contribution in [1.29, 1.82) is 0 Å². The van der Waals surface area contributed by atoms with Crippen LogP contribution in [0.4, 0.5) is 0 Å². The molecule has 1 atom stereocenters. The molecule has 274 valence electrons. The molecule has 4 N–H and O–H groups in total. The predicted octanol–water partition coefficient (Wildman–Crippen LogP) is 5.73. The van der Waals surface area contributed by atoms with Crippen molar-refractivity contribution in [3.8, 4) is 0 Å². The summed E-state index contributed by atoms with van der Waals surface area (Å²) >= 11 is 0. The highest BCUT2D eigenvalue weighted by molar-refractivity contribution is 5.88. The molecule has 2 rings (SSSR count). The molecule has 0 radical (unpaired) electrons. The van der Waals surface area contributed by atoms with Crippen molar-refractivity contribution < 1.29 is 23.9 Å². The lowest BCUT2D eigenvalue weighted by molar-refractivity contribution is -0.653. The van der Waals surface area contributed by atoms with Gasteiger partial charge in [0, 0.05) is 39.0 Å². The monoisotopic (exact) mass is 676 g/mol. The molecular formula is C36H67N8O4+. The lowest BCUT2D eigenvalue weighted by atomic mass is 9.93. The lowest BCUT2D eigenvalue weighted by Crippen LogP contribution is -2.59. The Morgan fingerprint density at radius 1 is 0.604 bits per heavy atom. The Kier molecular flexibility index (Phi) is 16.1. The summed E-state index contributed by atoms with van der Waals surface area (Å²) in [6, 6.07) is 0.149. The first kappa shape index (κ1) is 41.3. The van der Waals surface area contributed by atoms with E-state index < -0.39 is 28.1 Å². The van der Waals surface area contributed by atoms with Gasteiger partial charge in [-0.25, -0.2) is 0 Å². The van der Waals surface area contributed by atoms with Crippen molar-refractivity contribution in [2.45, 2.75) is 186 Å². The van der Waals surface area contributed by atoms with Crippen molar-refractivity contribution in [1.82, 2.24) is 21.3 Å². The molecule has 12 heteroatoms. The highest BCUT2D eigenvalue weighted by Crippen LogP contribution is 2.26. The number of hydrogen-bond acceptors (Lipinski definition) is 7. The molecule has 0 saturated heterocycles. The molecule has 2 fully saturated rings. The van der Waals surface area contributed by atoms with Crippen LogP contribution in [-0.4, -0.2) is 82.2 Å². The van der Waals surface area contributed by atoms with Gasteiger partial charge in [-0.15, -0.1) is 4.70 Å². The number of carbonyl (C=O) groups is 4. The minimum absolute atomic E-state index is 0.0606. The quantitative estimate of drug-likeness (QED) is 0.0832. The second-order valence-corrected chi connectivity index (χ2v) is 15.6. The van der Waals surface area contributed by atoms with Gasteiger partial charge in [-0.2, -0.15) is 10.2 Å². The van der Waals surface area contributed by atoms with E-state index in [1.54, 1.807) is 53.2 Å². The third kappa shape index (κ3) is 12.5. The van der Waals surface area contributed by atoms with Crippen LogP contribution in [-0.2, 0) is 19.2 Å². The van der Waals surface area contributed by atoms with Gasteiger partial charge in [0.1, 0.15) is 0 Å². The van der Waals surface area contributed by atoms with Gasteiger partial charge < -0.3 is 21.3 Å². The predicted molar refractivity (Wildman–Crippen MR) is 189 cm³/mol. The van der Waals surface area contributed by atoms with E-state index in [9.17, 15) is 19.2 Å². The summed E-state index contributed by atoms with van der Waals surface area (Å²) in [4.78, 5) is 54.7. The van der Waals surface area contributed by atoms with E-state index in [2.05, 4.69) is 31.5 Å². The highest BCUT2D eigenvalue weighted by Gasteiger charge is 2.51.